The fraction of sp³-hybridized carbons (Fsp3) is 0.357. The van der Waals surface area contributed by atoms with E-state index in [2.05, 4.69) is 0 Å². The second kappa shape index (κ2) is 6.40. The summed E-state index contributed by atoms with van der Waals surface area (Å²) in [4.78, 5) is 10.9. The van der Waals surface area contributed by atoms with Crippen LogP contribution in [0.4, 0.5) is 0 Å². The number of aliphatic carboxylic acids is 1. The molecule has 6 heteroatoms. The SMILES string of the molecule is COCOCc1oc2c(OC)cccc2c1CC(=O)[O-]. The van der Waals surface area contributed by atoms with Gasteiger partial charge in [-0.1, -0.05) is 12.1 Å². The predicted octanol–water partition coefficient (Wildman–Crippen LogP) is 0.854. The molecule has 1 heterocycles. The number of hydrogen-bond donors (Lipinski definition) is 0. The quantitative estimate of drug-likeness (QED) is 0.552. The number of fused-ring (bicyclic) bond motifs is 1. The number of carbonyl (C=O) groups is 1. The lowest BCUT2D eigenvalue weighted by molar-refractivity contribution is -0.304. The average Bonchev–Trinajstić information content (AvgIpc) is 2.77. The van der Waals surface area contributed by atoms with E-state index in [9.17, 15) is 9.90 Å². The molecule has 0 spiro atoms. The Balaban J connectivity index is 2.45. The van der Waals surface area contributed by atoms with Crippen LogP contribution in [0.3, 0.4) is 0 Å². The monoisotopic (exact) mass is 279 g/mol. The molecule has 0 saturated carbocycles. The normalized spacial score (nSPS) is 10.9. The van der Waals surface area contributed by atoms with Gasteiger partial charge in [-0.3, -0.25) is 0 Å². The van der Waals surface area contributed by atoms with Crippen molar-refractivity contribution in [1.82, 2.24) is 0 Å². The third-order valence-corrected chi connectivity index (χ3v) is 2.84. The van der Waals surface area contributed by atoms with Gasteiger partial charge in [0, 0.05) is 30.4 Å². The fourth-order valence-electron chi connectivity index (χ4n) is 2.03. The van der Waals surface area contributed by atoms with E-state index in [0.717, 1.165) is 0 Å². The van der Waals surface area contributed by atoms with Crippen LogP contribution in [-0.4, -0.2) is 27.0 Å². The molecule has 0 unspecified atom stereocenters. The minimum Gasteiger partial charge on any atom is -0.550 e. The fourth-order valence-corrected chi connectivity index (χ4v) is 2.03. The van der Waals surface area contributed by atoms with Gasteiger partial charge in [0.15, 0.2) is 11.3 Å². The van der Waals surface area contributed by atoms with E-state index in [1.165, 1.54) is 14.2 Å². The molecule has 0 atom stereocenters. The zero-order valence-corrected chi connectivity index (χ0v) is 11.3. The molecule has 0 fully saturated rings. The van der Waals surface area contributed by atoms with Crippen molar-refractivity contribution in [2.75, 3.05) is 21.0 Å². The molecule has 0 aliphatic rings. The Bertz CT molecular complexity index is 601. The van der Waals surface area contributed by atoms with Crippen molar-refractivity contribution in [3.8, 4) is 5.75 Å². The van der Waals surface area contributed by atoms with E-state index in [4.69, 9.17) is 18.6 Å². The number of hydrogen-bond acceptors (Lipinski definition) is 6. The van der Waals surface area contributed by atoms with Crippen LogP contribution in [0.2, 0.25) is 0 Å². The zero-order chi connectivity index (χ0) is 14.5. The summed E-state index contributed by atoms with van der Waals surface area (Å²) in [6.45, 7) is 0.216. The maximum atomic E-state index is 10.9. The number of ether oxygens (including phenoxy) is 3. The number of carboxylic acids is 1. The van der Waals surface area contributed by atoms with Crippen LogP contribution in [0.5, 0.6) is 5.75 Å². The number of carboxylic acid groups (broad SMARTS) is 1. The van der Waals surface area contributed by atoms with Crippen molar-refractivity contribution < 1.29 is 28.5 Å². The minimum atomic E-state index is -1.18. The molecule has 0 aliphatic carbocycles. The van der Waals surface area contributed by atoms with Gasteiger partial charge in [0.25, 0.3) is 0 Å². The Morgan fingerprint density at radius 1 is 1.35 bits per heavy atom. The van der Waals surface area contributed by atoms with E-state index in [0.29, 0.717) is 28.0 Å². The van der Waals surface area contributed by atoms with Crippen LogP contribution in [0.25, 0.3) is 11.0 Å². The van der Waals surface area contributed by atoms with Crippen molar-refractivity contribution in [3.63, 3.8) is 0 Å². The van der Waals surface area contributed by atoms with Crippen LogP contribution >= 0.6 is 0 Å². The molecule has 0 saturated heterocycles. The Morgan fingerprint density at radius 2 is 2.15 bits per heavy atom. The first-order valence-corrected chi connectivity index (χ1v) is 6.01. The Hall–Kier alpha value is -2.05. The van der Waals surface area contributed by atoms with Gasteiger partial charge in [0.2, 0.25) is 0 Å². The topological polar surface area (TPSA) is 81.0 Å². The molecule has 0 aliphatic heterocycles. The standard InChI is InChI=1S/C14H16O6/c1-17-8-19-7-12-10(6-13(15)16)9-4-3-5-11(18-2)14(9)20-12/h3-5H,6-8H2,1-2H3,(H,15,16)/p-1. The summed E-state index contributed by atoms with van der Waals surface area (Å²) >= 11 is 0. The first kappa shape index (κ1) is 14.4. The number of rotatable bonds is 7. The lowest BCUT2D eigenvalue weighted by Gasteiger charge is -2.04. The predicted molar refractivity (Wildman–Crippen MR) is 68.1 cm³/mol. The number of furan rings is 1. The second-order valence-electron chi connectivity index (χ2n) is 4.14. The second-order valence-corrected chi connectivity index (χ2v) is 4.14. The summed E-state index contributed by atoms with van der Waals surface area (Å²) in [5.74, 6) is -0.200. The summed E-state index contributed by atoms with van der Waals surface area (Å²) < 4.78 is 20.9. The molecule has 0 radical (unpaired) electrons. The highest BCUT2D eigenvalue weighted by molar-refractivity contribution is 5.89. The summed E-state index contributed by atoms with van der Waals surface area (Å²) in [5.41, 5.74) is 1.04. The number of carbonyl (C=O) groups excluding carboxylic acids is 1. The Morgan fingerprint density at radius 3 is 2.80 bits per heavy atom. The van der Waals surface area contributed by atoms with Gasteiger partial charge in [0.05, 0.1) is 7.11 Å². The van der Waals surface area contributed by atoms with Crippen LogP contribution in [0.1, 0.15) is 11.3 Å². The first-order chi connectivity index (χ1) is 9.67. The maximum absolute atomic E-state index is 10.9. The van der Waals surface area contributed by atoms with Gasteiger partial charge in [-0.15, -0.1) is 0 Å². The van der Waals surface area contributed by atoms with E-state index in [1.54, 1.807) is 18.2 Å². The highest BCUT2D eigenvalue weighted by atomic mass is 16.7. The van der Waals surface area contributed by atoms with Crippen LogP contribution in [-0.2, 0) is 27.3 Å². The Kier molecular flexibility index (Phi) is 4.60. The third-order valence-electron chi connectivity index (χ3n) is 2.84. The van der Waals surface area contributed by atoms with Gasteiger partial charge >= 0.3 is 0 Å². The van der Waals surface area contributed by atoms with Crippen molar-refractivity contribution >= 4 is 16.9 Å². The summed E-state index contributed by atoms with van der Waals surface area (Å²) in [7, 11) is 3.03. The third kappa shape index (κ3) is 2.92. The molecule has 108 valence electrons. The molecular formula is C14H15O6-. The van der Waals surface area contributed by atoms with Crippen LogP contribution in [0, 0.1) is 0 Å². The molecule has 6 nitrogen and oxygen atoms in total. The highest BCUT2D eigenvalue weighted by Crippen LogP contribution is 2.33. The zero-order valence-electron chi connectivity index (χ0n) is 11.3. The maximum Gasteiger partial charge on any atom is 0.176 e. The van der Waals surface area contributed by atoms with Gasteiger partial charge in [-0.25, -0.2) is 0 Å². The summed E-state index contributed by atoms with van der Waals surface area (Å²) in [6.07, 6.45) is -0.244. The lowest BCUT2D eigenvalue weighted by atomic mass is 10.1. The van der Waals surface area contributed by atoms with E-state index in [1.807, 2.05) is 0 Å². The van der Waals surface area contributed by atoms with Crippen molar-refractivity contribution in [2.45, 2.75) is 13.0 Å². The van der Waals surface area contributed by atoms with Gasteiger partial charge in [0.1, 0.15) is 19.2 Å². The number of benzene rings is 1. The van der Waals surface area contributed by atoms with E-state index in [-0.39, 0.29) is 19.8 Å². The van der Waals surface area contributed by atoms with Gasteiger partial charge in [-0.2, -0.15) is 0 Å². The molecule has 1 aromatic carbocycles. The summed E-state index contributed by atoms with van der Waals surface area (Å²) in [5, 5.41) is 11.6. The van der Waals surface area contributed by atoms with Gasteiger partial charge in [-0.05, 0) is 6.07 Å². The smallest absolute Gasteiger partial charge is 0.176 e. The number of para-hydroxylation sites is 1. The summed E-state index contributed by atoms with van der Waals surface area (Å²) in [6, 6.07) is 5.29. The molecular weight excluding hydrogens is 264 g/mol. The average molecular weight is 279 g/mol. The number of methoxy groups -OCH3 is 2. The molecule has 2 aromatic rings. The minimum absolute atomic E-state index is 0.0962. The molecule has 0 amide bonds. The van der Waals surface area contributed by atoms with E-state index < -0.39 is 5.97 Å². The van der Waals surface area contributed by atoms with Crippen molar-refractivity contribution in [2.24, 2.45) is 0 Å². The lowest BCUT2D eigenvalue weighted by Crippen LogP contribution is -2.24. The highest BCUT2D eigenvalue weighted by Gasteiger charge is 2.17. The van der Waals surface area contributed by atoms with Crippen LogP contribution < -0.4 is 9.84 Å². The van der Waals surface area contributed by atoms with Crippen molar-refractivity contribution in [1.29, 1.82) is 0 Å². The van der Waals surface area contributed by atoms with Gasteiger partial charge < -0.3 is 28.5 Å². The van der Waals surface area contributed by atoms with Crippen molar-refractivity contribution in [3.05, 3.63) is 29.5 Å². The molecule has 1 aromatic heterocycles. The molecule has 20 heavy (non-hydrogen) atoms. The molecule has 2 rings (SSSR count). The molecule has 0 bridgehead atoms. The molecule has 0 N–H and O–H groups in total. The first-order valence-electron chi connectivity index (χ1n) is 6.01. The Labute approximate surface area is 115 Å². The largest absolute Gasteiger partial charge is 0.550 e. The van der Waals surface area contributed by atoms with E-state index >= 15 is 0 Å². The van der Waals surface area contributed by atoms with Crippen LogP contribution in [0.15, 0.2) is 22.6 Å².